The van der Waals surface area contributed by atoms with Gasteiger partial charge in [-0.1, -0.05) is 87.3 Å². The first-order valence-corrected chi connectivity index (χ1v) is 16.0. The second kappa shape index (κ2) is 21.4. The SMILES string of the molecule is C=C(CCN(Cc1ccc(CCNC(=O)/C(C)=C(Cl)/C=N/C=C(\C)Cl)cc1)C(C)c1ncccc1CCC)N(C)C=N.CC. The number of aliphatic imine (C=N–C) groups is 1. The Kier molecular flexibility index (Phi) is 18.9. The number of allylic oxidation sites excluding steroid dienone is 2. The van der Waals surface area contributed by atoms with Gasteiger partial charge in [0.1, 0.15) is 0 Å². The highest BCUT2D eigenvalue weighted by molar-refractivity contribution is 6.41. The van der Waals surface area contributed by atoms with Crippen molar-refractivity contribution in [3.63, 3.8) is 0 Å². The van der Waals surface area contributed by atoms with Crippen molar-refractivity contribution < 1.29 is 4.79 Å². The third-order valence-corrected chi connectivity index (χ3v) is 7.49. The number of nitrogens with zero attached hydrogens (tertiary/aromatic N) is 4. The molecule has 1 amide bonds. The van der Waals surface area contributed by atoms with Crippen molar-refractivity contribution in [2.75, 3.05) is 20.1 Å². The summed E-state index contributed by atoms with van der Waals surface area (Å²) in [6, 6.07) is 12.8. The van der Waals surface area contributed by atoms with Crippen LogP contribution in [0, 0.1) is 5.41 Å². The molecule has 0 spiro atoms. The second-order valence-corrected chi connectivity index (χ2v) is 11.3. The predicted molar refractivity (Wildman–Crippen MR) is 189 cm³/mol. The number of carbonyl (C=O) groups is 1. The van der Waals surface area contributed by atoms with Gasteiger partial charge in [-0.15, -0.1) is 0 Å². The normalized spacial score (nSPS) is 12.7. The highest BCUT2D eigenvalue weighted by Gasteiger charge is 2.20. The molecule has 2 N–H and O–H groups in total. The number of carbonyl (C=O) groups excluding carboxylic acids is 1. The van der Waals surface area contributed by atoms with Crippen LogP contribution in [0.4, 0.5) is 0 Å². The summed E-state index contributed by atoms with van der Waals surface area (Å²) in [4.78, 5) is 25.4. The molecule has 0 saturated carbocycles. The van der Waals surface area contributed by atoms with Crippen LogP contribution < -0.4 is 5.32 Å². The van der Waals surface area contributed by atoms with E-state index in [-0.39, 0.29) is 17.0 Å². The Balaban J connectivity index is 0.00000474. The molecule has 0 bridgehead atoms. The lowest BCUT2D eigenvalue weighted by atomic mass is 10.0. The van der Waals surface area contributed by atoms with Gasteiger partial charge in [-0.05, 0) is 62.8 Å². The molecule has 2 rings (SSSR count). The van der Waals surface area contributed by atoms with E-state index < -0.39 is 0 Å². The number of hydrogen-bond donors (Lipinski definition) is 2. The number of halogens is 2. The van der Waals surface area contributed by atoms with Gasteiger partial charge in [0.2, 0.25) is 5.91 Å². The van der Waals surface area contributed by atoms with E-state index in [2.05, 4.69) is 66.0 Å². The molecule has 2 aromatic rings. The van der Waals surface area contributed by atoms with Gasteiger partial charge in [-0.2, -0.15) is 0 Å². The van der Waals surface area contributed by atoms with Crippen LogP contribution in [0.2, 0.25) is 0 Å². The van der Waals surface area contributed by atoms with Crippen LogP contribution in [-0.2, 0) is 24.2 Å². The van der Waals surface area contributed by atoms with E-state index in [1.165, 1.54) is 29.9 Å². The summed E-state index contributed by atoms with van der Waals surface area (Å²) in [6.07, 6.45) is 9.54. The van der Waals surface area contributed by atoms with Crippen LogP contribution in [0.3, 0.4) is 0 Å². The van der Waals surface area contributed by atoms with Gasteiger partial charge in [0.05, 0.1) is 17.1 Å². The monoisotopic (exact) mass is 640 g/mol. The van der Waals surface area contributed by atoms with Gasteiger partial charge in [0.25, 0.3) is 0 Å². The summed E-state index contributed by atoms with van der Waals surface area (Å²) in [5, 5.41) is 11.3. The summed E-state index contributed by atoms with van der Waals surface area (Å²) in [6.45, 7) is 18.0. The van der Waals surface area contributed by atoms with E-state index >= 15 is 0 Å². The van der Waals surface area contributed by atoms with E-state index in [1.54, 1.807) is 18.7 Å². The molecular formula is C35H50Cl2N6O. The average molecular weight is 642 g/mol. The van der Waals surface area contributed by atoms with Crippen molar-refractivity contribution in [1.82, 2.24) is 20.1 Å². The fourth-order valence-electron chi connectivity index (χ4n) is 4.34. The third-order valence-electron chi connectivity index (χ3n) is 7.02. The number of pyridine rings is 1. The molecule has 1 aromatic heterocycles. The maximum Gasteiger partial charge on any atom is 0.248 e. The highest BCUT2D eigenvalue weighted by atomic mass is 35.5. The van der Waals surface area contributed by atoms with Gasteiger partial charge in [0.15, 0.2) is 0 Å². The van der Waals surface area contributed by atoms with Crippen LogP contribution in [0.15, 0.2) is 81.7 Å². The Labute approximate surface area is 275 Å². The summed E-state index contributed by atoms with van der Waals surface area (Å²) >= 11 is 11.9. The molecule has 1 atom stereocenters. The molecule has 0 aliphatic rings. The van der Waals surface area contributed by atoms with Gasteiger partial charge in [-0.3, -0.25) is 25.1 Å². The first-order valence-electron chi connectivity index (χ1n) is 15.2. The lowest BCUT2D eigenvalue weighted by molar-refractivity contribution is -0.117. The average Bonchev–Trinajstić information content (AvgIpc) is 3.03. The van der Waals surface area contributed by atoms with E-state index in [9.17, 15) is 4.79 Å². The molecule has 9 heteroatoms. The largest absolute Gasteiger partial charge is 0.352 e. The van der Waals surface area contributed by atoms with Crippen LogP contribution in [-0.4, -0.2) is 53.4 Å². The van der Waals surface area contributed by atoms with E-state index in [0.29, 0.717) is 23.6 Å². The fourth-order valence-corrected chi connectivity index (χ4v) is 4.54. The second-order valence-electron chi connectivity index (χ2n) is 10.3. The molecule has 1 heterocycles. The molecule has 0 aliphatic heterocycles. The summed E-state index contributed by atoms with van der Waals surface area (Å²) in [5.74, 6) is -0.230. The lowest BCUT2D eigenvalue weighted by Crippen LogP contribution is -2.30. The molecule has 0 radical (unpaired) electrons. The predicted octanol–water partition coefficient (Wildman–Crippen LogP) is 8.41. The van der Waals surface area contributed by atoms with Crippen molar-refractivity contribution in [3.8, 4) is 0 Å². The van der Waals surface area contributed by atoms with Gasteiger partial charge in [0, 0.05) is 67.6 Å². The minimum Gasteiger partial charge on any atom is -0.352 e. The topological polar surface area (TPSA) is 84.7 Å². The maximum atomic E-state index is 12.5. The number of aryl methyl sites for hydroxylation is 1. The zero-order valence-electron chi connectivity index (χ0n) is 27.5. The van der Waals surface area contributed by atoms with E-state index in [1.807, 2.05) is 33.2 Å². The Morgan fingerprint density at radius 1 is 1.14 bits per heavy atom. The van der Waals surface area contributed by atoms with Crippen LogP contribution in [0.25, 0.3) is 0 Å². The number of benzene rings is 1. The van der Waals surface area contributed by atoms with Gasteiger partial charge >= 0.3 is 0 Å². The van der Waals surface area contributed by atoms with E-state index in [0.717, 1.165) is 49.3 Å². The van der Waals surface area contributed by atoms with Gasteiger partial charge in [-0.25, -0.2) is 0 Å². The first-order chi connectivity index (χ1) is 21.1. The fraction of sp³-hybridized carbons (Fsp3) is 0.429. The molecule has 0 fully saturated rings. The van der Waals surface area contributed by atoms with Crippen LogP contribution in [0.1, 0.15) is 82.8 Å². The highest BCUT2D eigenvalue weighted by Crippen LogP contribution is 2.26. The molecule has 0 saturated heterocycles. The number of hydrogen-bond acceptors (Lipinski definition) is 5. The standard InChI is InChI=1S/C33H44Cl2N6O.C2H6/c1-7-9-30-10-8-17-38-32(30)27(5)41(19-16-25(3)40(6)23-36)22-29-13-11-28(12-14-29)15-18-39-33(42)26(4)31(35)21-37-20-24(2)34;1-2/h8,10-14,17,20-21,23,27,36H,3,7,9,15-16,18-19,22H2,1-2,4-6H3,(H,39,42);1-2H3/b24-20+,31-26-,36-23?,37-21+;. The van der Waals surface area contributed by atoms with Crippen molar-refractivity contribution in [3.05, 3.63) is 99.1 Å². The number of amides is 1. The molecule has 0 aliphatic carbocycles. The minimum absolute atomic E-state index is 0.115. The Hall–Kier alpha value is -3.26. The van der Waals surface area contributed by atoms with Crippen LogP contribution >= 0.6 is 23.2 Å². The maximum absolute atomic E-state index is 12.5. The smallest absolute Gasteiger partial charge is 0.248 e. The zero-order chi connectivity index (χ0) is 33.1. The Bertz CT molecular complexity index is 1280. The Morgan fingerprint density at radius 2 is 1.80 bits per heavy atom. The molecule has 7 nitrogen and oxygen atoms in total. The third kappa shape index (κ3) is 13.6. The van der Waals surface area contributed by atoms with Crippen molar-refractivity contribution in [2.45, 2.75) is 79.8 Å². The minimum atomic E-state index is -0.230. The number of rotatable bonds is 17. The molecule has 1 aromatic carbocycles. The lowest BCUT2D eigenvalue weighted by Gasteiger charge is -2.31. The van der Waals surface area contributed by atoms with Crippen molar-refractivity contribution in [2.24, 2.45) is 4.99 Å². The van der Waals surface area contributed by atoms with E-state index in [4.69, 9.17) is 33.6 Å². The zero-order valence-corrected chi connectivity index (χ0v) is 29.0. The summed E-state index contributed by atoms with van der Waals surface area (Å²) in [7, 11) is 1.85. The van der Waals surface area contributed by atoms with Crippen LogP contribution in [0.5, 0.6) is 0 Å². The molecular weight excluding hydrogens is 591 g/mol. The number of nitrogens with one attached hydrogen (secondary N) is 2. The Morgan fingerprint density at radius 3 is 2.41 bits per heavy atom. The van der Waals surface area contributed by atoms with Crippen molar-refractivity contribution in [1.29, 1.82) is 5.41 Å². The number of aromatic nitrogens is 1. The quantitative estimate of drug-likeness (QED) is 0.103. The molecule has 1 unspecified atom stereocenters. The molecule has 44 heavy (non-hydrogen) atoms. The van der Waals surface area contributed by atoms with Crippen molar-refractivity contribution >= 4 is 41.7 Å². The first kappa shape index (κ1) is 38.8. The summed E-state index contributed by atoms with van der Waals surface area (Å²) in [5.41, 5.74) is 6.02. The summed E-state index contributed by atoms with van der Waals surface area (Å²) < 4.78 is 0. The van der Waals surface area contributed by atoms with Gasteiger partial charge < -0.3 is 10.2 Å². The molecule has 240 valence electrons.